The topological polar surface area (TPSA) is 62.3 Å². The molecular formula is C17H25N3O2S. The second kappa shape index (κ2) is 7.43. The van der Waals surface area contributed by atoms with Crippen molar-refractivity contribution < 1.29 is 9.59 Å². The Kier molecular flexibility index (Phi) is 5.30. The van der Waals surface area contributed by atoms with E-state index >= 15 is 0 Å². The number of nitrogens with zero attached hydrogens (tertiary/aromatic N) is 2. The van der Waals surface area contributed by atoms with Crippen molar-refractivity contribution in [2.24, 2.45) is 0 Å². The minimum Gasteiger partial charge on any atom is -0.353 e. The van der Waals surface area contributed by atoms with E-state index in [-0.39, 0.29) is 17.9 Å². The van der Waals surface area contributed by atoms with Crippen LogP contribution in [0.1, 0.15) is 65.8 Å². The highest BCUT2D eigenvalue weighted by Gasteiger charge is 2.27. The summed E-state index contributed by atoms with van der Waals surface area (Å²) in [7, 11) is 0. The monoisotopic (exact) mass is 335 g/mol. The van der Waals surface area contributed by atoms with Crippen LogP contribution in [-0.4, -0.2) is 40.8 Å². The molecule has 1 saturated heterocycles. The van der Waals surface area contributed by atoms with Crippen LogP contribution in [0.15, 0.2) is 0 Å². The van der Waals surface area contributed by atoms with E-state index in [9.17, 15) is 9.59 Å². The lowest BCUT2D eigenvalue weighted by Crippen LogP contribution is -2.38. The van der Waals surface area contributed by atoms with Gasteiger partial charge in [-0.15, -0.1) is 11.3 Å². The molecule has 2 amide bonds. The average Bonchev–Trinajstić information content (AvgIpc) is 2.98. The van der Waals surface area contributed by atoms with Crippen LogP contribution in [0.3, 0.4) is 0 Å². The minimum atomic E-state index is 0.0932. The Morgan fingerprint density at radius 3 is 2.83 bits per heavy atom. The molecule has 2 aliphatic rings. The zero-order valence-electron chi connectivity index (χ0n) is 13.8. The SMILES string of the molecule is CCCC(=O)N[C@@H]1CCc2nc(C(=O)N3CCCCC3)sc2C1. The van der Waals surface area contributed by atoms with Crippen LogP contribution in [-0.2, 0) is 17.6 Å². The lowest BCUT2D eigenvalue weighted by Gasteiger charge is -2.25. The number of carbonyl (C=O) groups is 2. The highest BCUT2D eigenvalue weighted by molar-refractivity contribution is 7.13. The summed E-state index contributed by atoms with van der Waals surface area (Å²) < 4.78 is 0. The van der Waals surface area contributed by atoms with Gasteiger partial charge < -0.3 is 10.2 Å². The van der Waals surface area contributed by atoms with Gasteiger partial charge in [0.1, 0.15) is 0 Å². The van der Waals surface area contributed by atoms with E-state index in [4.69, 9.17) is 0 Å². The third-order valence-electron chi connectivity index (χ3n) is 4.61. The van der Waals surface area contributed by atoms with Crippen LogP contribution in [0.4, 0.5) is 0 Å². The summed E-state index contributed by atoms with van der Waals surface area (Å²) in [6, 6.07) is 0.194. The molecule has 3 rings (SSSR count). The number of amides is 2. The van der Waals surface area contributed by atoms with Crippen LogP contribution in [0, 0.1) is 0 Å². The van der Waals surface area contributed by atoms with E-state index in [1.54, 1.807) is 0 Å². The van der Waals surface area contributed by atoms with E-state index in [0.29, 0.717) is 11.4 Å². The van der Waals surface area contributed by atoms with Crippen molar-refractivity contribution in [1.82, 2.24) is 15.2 Å². The first kappa shape index (κ1) is 16.4. The Balaban J connectivity index is 1.64. The molecule has 0 bridgehead atoms. The van der Waals surface area contributed by atoms with Gasteiger partial charge in [-0.2, -0.15) is 0 Å². The number of nitrogens with one attached hydrogen (secondary N) is 1. The molecule has 1 aliphatic carbocycles. The zero-order chi connectivity index (χ0) is 16.2. The third kappa shape index (κ3) is 3.91. The number of piperidine rings is 1. The van der Waals surface area contributed by atoms with E-state index in [1.807, 2.05) is 11.8 Å². The molecule has 1 aromatic heterocycles. The summed E-state index contributed by atoms with van der Waals surface area (Å²) in [4.78, 5) is 32.0. The fraction of sp³-hybridized carbons (Fsp3) is 0.706. The Hall–Kier alpha value is -1.43. The van der Waals surface area contributed by atoms with Gasteiger partial charge in [-0.25, -0.2) is 4.98 Å². The first-order valence-electron chi connectivity index (χ1n) is 8.74. The average molecular weight is 335 g/mol. The third-order valence-corrected chi connectivity index (χ3v) is 5.72. The van der Waals surface area contributed by atoms with Gasteiger partial charge in [0.05, 0.1) is 5.69 Å². The number of rotatable bonds is 4. The number of aromatic nitrogens is 1. The Bertz CT molecular complexity index is 578. The van der Waals surface area contributed by atoms with Gasteiger partial charge in [-0.3, -0.25) is 9.59 Å². The van der Waals surface area contributed by atoms with E-state index in [1.165, 1.54) is 22.6 Å². The maximum absolute atomic E-state index is 12.6. The van der Waals surface area contributed by atoms with Crippen LogP contribution >= 0.6 is 11.3 Å². The molecule has 0 aromatic carbocycles. The van der Waals surface area contributed by atoms with Gasteiger partial charge in [0, 0.05) is 36.9 Å². The van der Waals surface area contributed by atoms with Crippen molar-refractivity contribution in [3.63, 3.8) is 0 Å². The summed E-state index contributed by atoms with van der Waals surface area (Å²) in [6.45, 7) is 3.73. The second-order valence-corrected chi connectivity index (χ2v) is 7.58. The molecule has 1 fully saturated rings. The second-order valence-electron chi connectivity index (χ2n) is 6.50. The maximum atomic E-state index is 12.6. The lowest BCUT2D eigenvalue weighted by molar-refractivity contribution is -0.121. The number of thiazole rings is 1. The lowest BCUT2D eigenvalue weighted by atomic mass is 9.97. The molecule has 23 heavy (non-hydrogen) atoms. The van der Waals surface area contributed by atoms with Crippen LogP contribution in [0.2, 0.25) is 0 Å². The van der Waals surface area contributed by atoms with E-state index in [0.717, 1.165) is 57.3 Å². The Morgan fingerprint density at radius 2 is 2.09 bits per heavy atom. The summed E-state index contributed by atoms with van der Waals surface area (Å²) >= 11 is 1.53. The van der Waals surface area contributed by atoms with Gasteiger partial charge in [0.25, 0.3) is 5.91 Å². The number of likely N-dealkylation sites (tertiary alicyclic amines) is 1. The Morgan fingerprint density at radius 1 is 1.30 bits per heavy atom. The molecule has 2 heterocycles. The normalized spacial score (nSPS) is 20.9. The predicted molar refractivity (Wildman–Crippen MR) is 90.7 cm³/mol. The number of hydrogen-bond donors (Lipinski definition) is 1. The van der Waals surface area contributed by atoms with E-state index in [2.05, 4.69) is 10.3 Å². The highest BCUT2D eigenvalue weighted by atomic mass is 32.1. The van der Waals surface area contributed by atoms with Gasteiger partial charge in [0.15, 0.2) is 5.01 Å². The predicted octanol–water partition coefficient (Wildman–Crippen LogP) is 2.54. The van der Waals surface area contributed by atoms with Crippen molar-refractivity contribution >= 4 is 23.2 Å². The summed E-state index contributed by atoms with van der Waals surface area (Å²) in [5.74, 6) is 0.228. The molecule has 1 N–H and O–H groups in total. The van der Waals surface area contributed by atoms with Crippen molar-refractivity contribution in [2.45, 2.75) is 64.3 Å². The number of carbonyl (C=O) groups excluding carboxylic acids is 2. The van der Waals surface area contributed by atoms with Crippen LogP contribution < -0.4 is 5.32 Å². The molecule has 1 aromatic rings. The van der Waals surface area contributed by atoms with Gasteiger partial charge >= 0.3 is 0 Å². The first-order chi connectivity index (χ1) is 11.2. The molecule has 1 aliphatic heterocycles. The zero-order valence-corrected chi connectivity index (χ0v) is 14.6. The smallest absolute Gasteiger partial charge is 0.282 e. The fourth-order valence-corrected chi connectivity index (χ4v) is 4.50. The minimum absolute atomic E-state index is 0.0932. The van der Waals surface area contributed by atoms with Crippen molar-refractivity contribution in [3.8, 4) is 0 Å². The quantitative estimate of drug-likeness (QED) is 0.920. The van der Waals surface area contributed by atoms with Gasteiger partial charge in [-0.05, 0) is 38.5 Å². The number of fused-ring (bicyclic) bond motifs is 1. The van der Waals surface area contributed by atoms with Crippen LogP contribution in [0.5, 0.6) is 0 Å². The largest absolute Gasteiger partial charge is 0.353 e. The van der Waals surface area contributed by atoms with Crippen LogP contribution in [0.25, 0.3) is 0 Å². The summed E-state index contributed by atoms with van der Waals surface area (Å²) in [5.41, 5.74) is 1.07. The number of hydrogen-bond acceptors (Lipinski definition) is 4. The molecule has 6 heteroatoms. The summed E-state index contributed by atoms with van der Waals surface area (Å²) in [6.07, 6.45) is 7.47. The molecular weight excluding hydrogens is 310 g/mol. The molecule has 0 unspecified atom stereocenters. The van der Waals surface area contributed by atoms with Crippen molar-refractivity contribution in [1.29, 1.82) is 0 Å². The fourth-order valence-electron chi connectivity index (χ4n) is 3.35. The van der Waals surface area contributed by atoms with Gasteiger partial charge in [0.2, 0.25) is 5.91 Å². The Labute approximate surface area is 141 Å². The summed E-state index contributed by atoms with van der Waals surface area (Å²) in [5, 5.41) is 3.74. The highest BCUT2D eigenvalue weighted by Crippen LogP contribution is 2.28. The molecule has 126 valence electrons. The van der Waals surface area contributed by atoms with Crippen molar-refractivity contribution in [2.75, 3.05) is 13.1 Å². The molecule has 0 radical (unpaired) electrons. The van der Waals surface area contributed by atoms with Crippen molar-refractivity contribution in [3.05, 3.63) is 15.6 Å². The molecule has 5 nitrogen and oxygen atoms in total. The first-order valence-corrected chi connectivity index (χ1v) is 9.56. The standard InChI is InChI=1S/C17H25N3O2S/c1-2-6-15(21)18-12-7-8-13-14(11-12)23-16(19-13)17(22)20-9-4-3-5-10-20/h12H,2-11H2,1H3,(H,18,21)/t12-/m1/s1. The molecule has 0 spiro atoms. The maximum Gasteiger partial charge on any atom is 0.282 e. The van der Waals surface area contributed by atoms with Gasteiger partial charge in [-0.1, -0.05) is 6.92 Å². The van der Waals surface area contributed by atoms with E-state index < -0.39 is 0 Å². The molecule has 0 saturated carbocycles. The molecule has 1 atom stereocenters. The number of aryl methyl sites for hydroxylation is 1.